The van der Waals surface area contributed by atoms with Crippen LogP contribution in [0.4, 0.5) is 5.69 Å². The highest BCUT2D eigenvalue weighted by Gasteiger charge is 2.50. The Hall–Kier alpha value is -2.33. The zero-order valence-corrected chi connectivity index (χ0v) is 14.6. The maximum absolute atomic E-state index is 13.1. The zero-order valence-electron chi connectivity index (χ0n) is 13.7. The third-order valence-corrected chi connectivity index (χ3v) is 7.05. The number of nitrogens with zero attached hydrogens (tertiary/aromatic N) is 2. The van der Waals surface area contributed by atoms with Crippen LogP contribution in [0.1, 0.15) is 27.7 Å². The van der Waals surface area contributed by atoms with Crippen LogP contribution in [0.2, 0.25) is 0 Å². The van der Waals surface area contributed by atoms with Crippen molar-refractivity contribution in [3.05, 3.63) is 64.5 Å². The standard InChI is InChI=1S/C20H18N2OS/c1-20-18-14(13-7-4-6-10-17(13)24-18)11-12-22(20)19(23)15-8-3-5-9-16(15)21(20)2/h3-10H,11-12H2,1-2H3. The molecule has 2 aliphatic rings. The molecule has 1 amide bonds. The van der Waals surface area contributed by atoms with Gasteiger partial charge in [-0.3, -0.25) is 4.79 Å². The Bertz CT molecular complexity index is 992. The highest BCUT2D eigenvalue weighted by molar-refractivity contribution is 7.19. The van der Waals surface area contributed by atoms with Crippen LogP contribution in [0.3, 0.4) is 0 Å². The number of carbonyl (C=O) groups excluding carboxylic acids is 1. The lowest BCUT2D eigenvalue weighted by atomic mass is 9.89. The van der Waals surface area contributed by atoms with Crippen LogP contribution < -0.4 is 4.90 Å². The van der Waals surface area contributed by atoms with E-state index in [9.17, 15) is 4.79 Å². The number of amides is 1. The Morgan fingerprint density at radius 2 is 1.83 bits per heavy atom. The van der Waals surface area contributed by atoms with Gasteiger partial charge < -0.3 is 9.80 Å². The number of rotatable bonds is 0. The average Bonchev–Trinajstić information content (AvgIpc) is 3.00. The Labute approximate surface area is 145 Å². The van der Waals surface area contributed by atoms with Crippen molar-refractivity contribution < 1.29 is 4.79 Å². The molecule has 1 aromatic heterocycles. The molecular weight excluding hydrogens is 316 g/mol. The number of benzene rings is 2. The van der Waals surface area contributed by atoms with E-state index in [1.807, 2.05) is 34.4 Å². The fourth-order valence-corrected chi connectivity index (χ4v) is 5.70. The molecule has 0 spiro atoms. The second-order valence-electron chi connectivity index (χ2n) is 6.71. The summed E-state index contributed by atoms with van der Waals surface area (Å²) in [4.78, 5) is 18.8. The molecule has 0 radical (unpaired) electrons. The summed E-state index contributed by atoms with van der Waals surface area (Å²) in [5, 5.41) is 1.35. The van der Waals surface area contributed by atoms with Gasteiger partial charge in [-0.25, -0.2) is 0 Å². The quantitative estimate of drug-likeness (QED) is 0.614. The van der Waals surface area contributed by atoms with Gasteiger partial charge in [0.2, 0.25) is 0 Å². The Morgan fingerprint density at radius 3 is 2.71 bits per heavy atom. The van der Waals surface area contributed by atoms with E-state index in [0.29, 0.717) is 0 Å². The minimum absolute atomic E-state index is 0.148. The summed E-state index contributed by atoms with van der Waals surface area (Å²) >= 11 is 1.83. The number of fused-ring (bicyclic) bond motifs is 6. The summed E-state index contributed by atoms with van der Waals surface area (Å²) < 4.78 is 1.31. The van der Waals surface area contributed by atoms with Gasteiger partial charge in [0.05, 0.1) is 16.1 Å². The smallest absolute Gasteiger partial charge is 0.258 e. The van der Waals surface area contributed by atoms with Crippen molar-refractivity contribution in [2.75, 3.05) is 18.5 Å². The van der Waals surface area contributed by atoms with Crippen molar-refractivity contribution in [3.63, 3.8) is 0 Å². The summed E-state index contributed by atoms with van der Waals surface area (Å²) in [5.41, 5.74) is 2.82. The minimum atomic E-state index is -0.414. The fourth-order valence-electron chi connectivity index (χ4n) is 4.25. The van der Waals surface area contributed by atoms with Crippen LogP contribution in [0.5, 0.6) is 0 Å². The molecule has 0 N–H and O–H groups in total. The lowest BCUT2D eigenvalue weighted by Gasteiger charge is -2.54. The molecule has 24 heavy (non-hydrogen) atoms. The lowest BCUT2D eigenvalue weighted by Crippen LogP contribution is -2.62. The summed E-state index contributed by atoms with van der Waals surface area (Å²) in [6.07, 6.45) is 0.927. The number of carbonyl (C=O) groups is 1. The molecule has 0 saturated heterocycles. The number of thiophene rings is 1. The van der Waals surface area contributed by atoms with Crippen molar-refractivity contribution in [1.82, 2.24) is 4.90 Å². The van der Waals surface area contributed by atoms with Crippen LogP contribution in [0, 0.1) is 0 Å². The molecule has 3 aromatic rings. The molecule has 1 atom stereocenters. The molecule has 5 rings (SSSR count). The summed E-state index contributed by atoms with van der Waals surface area (Å²) in [7, 11) is 2.11. The van der Waals surface area contributed by atoms with E-state index in [4.69, 9.17) is 0 Å². The number of para-hydroxylation sites is 1. The van der Waals surface area contributed by atoms with E-state index in [0.717, 1.165) is 24.2 Å². The first kappa shape index (κ1) is 14.1. The molecule has 0 saturated carbocycles. The Balaban J connectivity index is 1.81. The fraction of sp³-hybridized carbons (Fsp3) is 0.250. The van der Waals surface area contributed by atoms with E-state index in [2.05, 4.69) is 49.2 Å². The first-order valence-corrected chi connectivity index (χ1v) is 9.09. The van der Waals surface area contributed by atoms with E-state index in [1.165, 1.54) is 20.5 Å². The third-order valence-electron chi connectivity index (χ3n) is 5.63. The molecule has 0 bridgehead atoms. The van der Waals surface area contributed by atoms with E-state index in [-0.39, 0.29) is 5.91 Å². The minimum Gasteiger partial charge on any atom is -0.347 e. The second-order valence-corrected chi connectivity index (χ2v) is 7.76. The van der Waals surface area contributed by atoms with Gasteiger partial charge in [0.25, 0.3) is 5.91 Å². The van der Waals surface area contributed by atoms with Crippen molar-refractivity contribution in [2.24, 2.45) is 0 Å². The SMILES string of the molecule is CN1c2ccccc2C(=O)N2CCc3c(sc4ccccc34)C21C. The molecule has 3 nitrogen and oxygen atoms in total. The van der Waals surface area contributed by atoms with Gasteiger partial charge in [-0.1, -0.05) is 30.3 Å². The van der Waals surface area contributed by atoms with Crippen LogP contribution in [0.25, 0.3) is 10.1 Å². The van der Waals surface area contributed by atoms with Gasteiger partial charge in [0, 0.05) is 18.3 Å². The summed E-state index contributed by atoms with van der Waals surface area (Å²) in [6, 6.07) is 16.5. The third kappa shape index (κ3) is 1.54. The molecule has 0 aliphatic carbocycles. The monoisotopic (exact) mass is 334 g/mol. The van der Waals surface area contributed by atoms with Crippen LogP contribution in [-0.2, 0) is 12.1 Å². The van der Waals surface area contributed by atoms with E-state index in [1.54, 1.807) is 0 Å². The Morgan fingerprint density at radius 1 is 1.08 bits per heavy atom. The largest absolute Gasteiger partial charge is 0.347 e. The van der Waals surface area contributed by atoms with E-state index < -0.39 is 5.66 Å². The van der Waals surface area contributed by atoms with Crippen molar-refractivity contribution >= 4 is 33.0 Å². The predicted octanol–water partition coefficient (Wildman–Crippen LogP) is 4.22. The maximum Gasteiger partial charge on any atom is 0.258 e. The van der Waals surface area contributed by atoms with Gasteiger partial charge in [-0.05, 0) is 42.5 Å². The summed E-state index contributed by atoms with van der Waals surface area (Å²) in [5.74, 6) is 0.148. The molecule has 0 fully saturated rings. The van der Waals surface area contributed by atoms with Gasteiger partial charge in [0.1, 0.15) is 5.66 Å². The molecular formula is C20H18N2OS. The van der Waals surface area contributed by atoms with Crippen molar-refractivity contribution in [2.45, 2.75) is 19.0 Å². The number of anilines is 1. The number of hydrogen-bond donors (Lipinski definition) is 0. The van der Waals surface area contributed by atoms with Gasteiger partial charge in [-0.15, -0.1) is 11.3 Å². The molecule has 2 aliphatic heterocycles. The first-order chi connectivity index (χ1) is 11.6. The average molecular weight is 334 g/mol. The highest BCUT2D eigenvalue weighted by Crippen LogP contribution is 2.50. The number of hydrogen-bond acceptors (Lipinski definition) is 3. The predicted molar refractivity (Wildman–Crippen MR) is 98.8 cm³/mol. The molecule has 2 aromatic carbocycles. The second kappa shape index (κ2) is 4.61. The van der Waals surface area contributed by atoms with Crippen LogP contribution in [0.15, 0.2) is 48.5 Å². The first-order valence-electron chi connectivity index (χ1n) is 8.28. The Kier molecular flexibility index (Phi) is 2.70. The molecule has 120 valence electrons. The van der Waals surface area contributed by atoms with Gasteiger partial charge in [0.15, 0.2) is 0 Å². The zero-order chi connectivity index (χ0) is 16.5. The topological polar surface area (TPSA) is 23.6 Å². The van der Waals surface area contributed by atoms with Crippen LogP contribution in [-0.4, -0.2) is 24.4 Å². The molecule has 1 unspecified atom stereocenters. The lowest BCUT2D eigenvalue weighted by molar-refractivity contribution is 0.0444. The van der Waals surface area contributed by atoms with Gasteiger partial charge in [-0.2, -0.15) is 0 Å². The highest BCUT2D eigenvalue weighted by atomic mass is 32.1. The summed E-state index contributed by atoms with van der Waals surface area (Å²) in [6.45, 7) is 2.95. The van der Waals surface area contributed by atoms with Crippen LogP contribution >= 0.6 is 11.3 Å². The van der Waals surface area contributed by atoms with Crippen molar-refractivity contribution in [1.29, 1.82) is 0 Å². The van der Waals surface area contributed by atoms with Gasteiger partial charge >= 0.3 is 0 Å². The maximum atomic E-state index is 13.1. The normalized spacial score (nSPS) is 22.3. The molecule has 3 heterocycles. The van der Waals surface area contributed by atoms with Crippen molar-refractivity contribution in [3.8, 4) is 0 Å². The van der Waals surface area contributed by atoms with E-state index >= 15 is 0 Å². The molecule has 4 heteroatoms.